The Labute approximate surface area is 97.5 Å². The highest BCUT2D eigenvalue weighted by Crippen LogP contribution is 2.36. The number of rotatable bonds is 4. The average molecular weight is 224 g/mol. The lowest BCUT2D eigenvalue weighted by atomic mass is 10.4. The third-order valence-corrected chi connectivity index (χ3v) is 9.23. The Morgan fingerprint density at radius 3 is 1.13 bits per heavy atom. The third kappa shape index (κ3) is 3.98. The molecule has 0 saturated carbocycles. The van der Waals surface area contributed by atoms with Crippen LogP contribution in [0.25, 0.3) is 0 Å². The molecule has 0 radical (unpaired) electrons. The second-order valence-corrected chi connectivity index (χ2v) is 10.6. The molecule has 0 aliphatic heterocycles. The van der Waals surface area contributed by atoms with Gasteiger partial charge in [0.25, 0.3) is 0 Å². The van der Waals surface area contributed by atoms with E-state index in [1.807, 2.05) is 0 Å². The molecule has 0 unspecified atom stereocenters. The molecule has 0 aliphatic rings. The Kier molecular flexibility index (Phi) is 5.58. The predicted molar refractivity (Wildman–Crippen MR) is 74.8 cm³/mol. The van der Waals surface area contributed by atoms with Crippen molar-refractivity contribution in [2.75, 3.05) is 0 Å². The summed E-state index contributed by atoms with van der Waals surface area (Å²) in [4.78, 5) is 0. The monoisotopic (exact) mass is 224 g/mol. The lowest BCUT2D eigenvalue weighted by molar-refractivity contribution is 0.921. The van der Waals surface area contributed by atoms with Crippen molar-refractivity contribution in [3.05, 3.63) is 22.5 Å². The summed E-state index contributed by atoms with van der Waals surface area (Å²) >= 11 is 0. The van der Waals surface area contributed by atoms with E-state index in [4.69, 9.17) is 0 Å². The molecule has 0 aromatic carbocycles. The summed E-state index contributed by atoms with van der Waals surface area (Å²) in [6, 6.07) is 0. The third-order valence-electron chi connectivity index (χ3n) is 3.08. The van der Waals surface area contributed by atoms with Crippen LogP contribution >= 0.6 is 0 Å². The molecule has 0 rings (SSSR count). The molecule has 0 N–H and O–H groups in total. The highest BCUT2D eigenvalue weighted by molar-refractivity contribution is 6.91. The molecular formula is C14H28Si. The SMILES string of the molecule is CC(C)=C[Si](C=C(C)C)(C(C)C)C(C)C. The maximum absolute atomic E-state index is 2.58. The second-order valence-electron chi connectivity index (χ2n) is 5.75. The van der Waals surface area contributed by atoms with E-state index in [1.165, 1.54) is 11.1 Å². The van der Waals surface area contributed by atoms with Crippen LogP contribution in [0.15, 0.2) is 22.5 Å². The van der Waals surface area contributed by atoms with Crippen LogP contribution in [-0.4, -0.2) is 8.07 Å². The molecule has 15 heavy (non-hydrogen) atoms. The quantitative estimate of drug-likeness (QED) is 0.571. The van der Waals surface area contributed by atoms with E-state index in [9.17, 15) is 0 Å². The molecule has 1 heteroatoms. The summed E-state index contributed by atoms with van der Waals surface area (Å²) in [5.74, 6) is 0. The molecule has 0 nitrogen and oxygen atoms in total. The highest BCUT2D eigenvalue weighted by atomic mass is 28.3. The van der Waals surface area contributed by atoms with Crippen LogP contribution in [0.2, 0.25) is 11.1 Å². The van der Waals surface area contributed by atoms with E-state index in [0.29, 0.717) is 0 Å². The van der Waals surface area contributed by atoms with Crippen molar-refractivity contribution in [2.45, 2.75) is 66.5 Å². The maximum atomic E-state index is 2.58. The molecule has 0 aromatic rings. The first-order valence-electron chi connectivity index (χ1n) is 6.04. The maximum Gasteiger partial charge on any atom is 0.107 e. The van der Waals surface area contributed by atoms with E-state index in [1.54, 1.807) is 0 Å². The van der Waals surface area contributed by atoms with Gasteiger partial charge in [-0.1, -0.05) is 50.2 Å². The first kappa shape index (κ1) is 14.7. The van der Waals surface area contributed by atoms with Gasteiger partial charge in [0.15, 0.2) is 0 Å². The summed E-state index contributed by atoms with van der Waals surface area (Å²) in [6.07, 6.45) is 0. The zero-order valence-corrected chi connectivity index (χ0v) is 12.8. The first-order valence-corrected chi connectivity index (χ1v) is 8.35. The molecule has 0 heterocycles. The topological polar surface area (TPSA) is 0 Å². The van der Waals surface area contributed by atoms with Crippen LogP contribution < -0.4 is 0 Å². The minimum atomic E-state index is -1.40. The summed E-state index contributed by atoms with van der Waals surface area (Å²) in [5.41, 5.74) is 9.66. The van der Waals surface area contributed by atoms with Crippen LogP contribution in [0.4, 0.5) is 0 Å². The lowest BCUT2D eigenvalue weighted by Gasteiger charge is -2.35. The molecule has 0 spiro atoms. The van der Waals surface area contributed by atoms with Gasteiger partial charge in [0.1, 0.15) is 8.07 Å². The smallest absolute Gasteiger partial charge is 0.0913 e. The largest absolute Gasteiger partial charge is 0.107 e. The van der Waals surface area contributed by atoms with E-state index < -0.39 is 8.07 Å². The molecule has 0 fully saturated rings. The van der Waals surface area contributed by atoms with E-state index in [-0.39, 0.29) is 0 Å². The van der Waals surface area contributed by atoms with Crippen LogP contribution in [-0.2, 0) is 0 Å². The molecule has 0 aliphatic carbocycles. The minimum absolute atomic E-state index is 0.780. The molecule has 0 aromatic heterocycles. The van der Waals surface area contributed by atoms with E-state index in [2.05, 4.69) is 66.8 Å². The second kappa shape index (κ2) is 5.69. The average Bonchev–Trinajstić information content (AvgIpc) is 1.99. The predicted octanol–water partition coefficient (Wildman–Crippen LogP) is 5.27. The molecular weight excluding hydrogens is 196 g/mol. The Hall–Kier alpha value is -0.303. The fourth-order valence-corrected chi connectivity index (χ4v) is 7.13. The zero-order chi connectivity index (χ0) is 12.2. The van der Waals surface area contributed by atoms with Gasteiger partial charge >= 0.3 is 0 Å². The van der Waals surface area contributed by atoms with Crippen molar-refractivity contribution in [2.24, 2.45) is 0 Å². The van der Waals surface area contributed by atoms with E-state index >= 15 is 0 Å². The Morgan fingerprint density at radius 1 is 0.733 bits per heavy atom. The highest BCUT2D eigenvalue weighted by Gasteiger charge is 2.35. The van der Waals surface area contributed by atoms with Gasteiger partial charge in [-0.2, -0.15) is 0 Å². The molecule has 0 saturated heterocycles. The van der Waals surface area contributed by atoms with Gasteiger partial charge in [0, 0.05) is 0 Å². The van der Waals surface area contributed by atoms with Crippen LogP contribution in [0.5, 0.6) is 0 Å². The Balaban J connectivity index is 5.49. The van der Waals surface area contributed by atoms with Crippen molar-refractivity contribution < 1.29 is 0 Å². The van der Waals surface area contributed by atoms with Crippen molar-refractivity contribution in [1.29, 1.82) is 0 Å². The van der Waals surface area contributed by atoms with Gasteiger partial charge in [0.2, 0.25) is 0 Å². The summed E-state index contributed by atoms with van der Waals surface area (Å²) in [7, 11) is -1.40. The first-order chi connectivity index (χ1) is 6.72. The summed E-state index contributed by atoms with van der Waals surface area (Å²) in [6.45, 7) is 18.4. The molecule has 0 atom stereocenters. The molecule has 0 amide bonds. The number of hydrogen-bond acceptors (Lipinski definition) is 0. The fourth-order valence-electron chi connectivity index (χ4n) is 2.37. The van der Waals surface area contributed by atoms with Gasteiger partial charge < -0.3 is 0 Å². The summed E-state index contributed by atoms with van der Waals surface area (Å²) < 4.78 is 0. The van der Waals surface area contributed by atoms with Crippen LogP contribution in [0, 0.1) is 0 Å². The van der Waals surface area contributed by atoms with Crippen molar-refractivity contribution in [3.63, 3.8) is 0 Å². The number of allylic oxidation sites excluding steroid dienone is 2. The van der Waals surface area contributed by atoms with Gasteiger partial charge in [-0.05, 0) is 38.8 Å². The normalized spacial score (nSPS) is 11.9. The standard InChI is InChI=1S/C14H28Si/c1-11(2)9-15(13(5)6,14(7)8)10-12(3)4/h9-10,13-14H,1-8H3. The van der Waals surface area contributed by atoms with Gasteiger partial charge in [-0.25, -0.2) is 0 Å². The lowest BCUT2D eigenvalue weighted by Crippen LogP contribution is -2.38. The van der Waals surface area contributed by atoms with Gasteiger partial charge in [0.05, 0.1) is 0 Å². The molecule has 88 valence electrons. The van der Waals surface area contributed by atoms with Gasteiger partial charge in [-0.3, -0.25) is 0 Å². The minimum Gasteiger partial charge on any atom is -0.0913 e. The zero-order valence-electron chi connectivity index (χ0n) is 11.8. The van der Waals surface area contributed by atoms with Gasteiger partial charge in [-0.15, -0.1) is 0 Å². The Bertz CT molecular complexity index is 221. The van der Waals surface area contributed by atoms with Crippen molar-refractivity contribution >= 4 is 8.07 Å². The molecule has 0 bridgehead atoms. The fraction of sp³-hybridized carbons (Fsp3) is 0.714. The Morgan fingerprint density at radius 2 is 1.00 bits per heavy atom. The van der Waals surface area contributed by atoms with Crippen molar-refractivity contribution in [1.82, 2.24) is 0 Å². The van der Waals surface area contributed by atoms with E-state index in [0.717, 1.165) is 11.1 Å². The summed E-state index contributed by atoms with van der Waals surface area (Å²) in [5, 5.41) is 0. The number of hydrogen-bond donors (Lipinski definition) is 0. The van der Waals surface area contributed by atoms with Crippen LogP contribution in [0.3, 0.4) is 0 Å². The van der Waals surface area contributed by atoms with Crippen molar-refractivity contribution in [3.8, 4) is 0 Å². The van der Waals surface area contributed by atoms with Crippen LogP contribution in [0.1, 0.15) is 55.4 Å².